The predicted octanol–water partition coefficient (Wildman–Crippen LogP) is 5.49. The monoisotopic (exact) mass is 361 g/mol. The molecule has 0 bridgehead atoms. The number of nitrogens with one attached hydrogen (secondary N) is 1. The van der Waals surface area contributed by atoms with Gasteiger partial charge in [-0.05, 0) is 44.4 Å². The summed E-state index contributed by atoms with van der Waals surface area (Å²) in [5.74, 6) is 0.531. The number of aliphatic hydroxyl groups excluding tert-OH is 1. The average molecular weight is 362 g/mol. The zero-order chi connectivity index (χ0) is 19.3. The molecule has 26 heavy (non-hydrogen) atoms. The normalized spacial score (nSPS) is 13.5. The lowest BCUT2D eigenvalue weighted by Crippen LogP contribution is -2.25. The van der Waals surface area contributed by atoms with E-state index in [2.05, 4.69) is 67.8 Å². The summed E-state index contributed by atoms with van der Waals surface area (Å²) in [7, 11) is 0. The van der Waals surface area contributed by atoms with Crippen LogP contribution in [0, 0.1) is 5.92 Å². The molecule has 0 aromatic carbocycles. The Morgan fingerprint density at radius 1 is 0.923 bits per heavy atom. The summed E-state index contributed by atoms with van der Waals surface area (Å²) in [5.41, 5.74) is 0. The number of carbonyl (C=O) groups is 1. The highest BCUT2D eigenvalue weighted by Gasteiger charge is 1.97. The van der Waals surface area contributed by atoms with Crippen LogP contribution < -0.4 is 5.32 Å². The molecule has 0 aliphatic heterocycles. The van der Waals surface area contributed by atoms with Gasteiger partial charge in [0, 0.05) is 13.0 Å². The third kappa shape index (κ3) is 18.7. The van der Waals surface area contributed by atoms with Gasteiger partial charge in [-0.1, -0.05) is 75.3 Å². The van der Waals surface area contributed by atoms with E-state index in [0.717, 1.165) is 25.7 Å². The number of hydrogen-bond acceptors (Lipinski definition) is 2. The van der Waals surface area contributed by atoms with Crippen molar-refractivity contribution in [1.29, 1.82) is 0 Å². The summed E-state index contributed by atoms with van der Waals surface area (Å²) in [6, 6.07) is 0. The number of allylic oxidation sites excluding steroid dienone is 8. The van der Waals surface area contributed by atoms with E-state index in [9.17, 15) is 4.79 Å². The molecule has 0 saturated heterocycles. The highest BCUT2D eigenvalue weighted by Crippen LogP contribution is 2.05. The SMILES string of the molecule is CCCCC/C=C\[C@H](C)/C=C\C/C=C\C/C=C\CCCC(=O)NCCO. The van der Waals surface area contributed by atoms with E-state index in [1.54, 1.807) is 0 Å². The van der Waals surface area contributed by atoms with Crippen LogP contribution in [-0.4, -0.2) is 24.2 Å². The summed E-state index contributed by atoms with van der Waals surface area (Å²) < 4.78 is 0. The van der Waals surface area contributed by atoms with Gasteiger partial charge < -0.3 is 10.4 Å². The lowest BCUT2D eigenvalue weighted by Gasteiger charge is -2.00. The van der Waals surface area contributed by atoms with E-state index in [0.29, 0.717) is 18.9 Å². The van der Waals surface area contributed by atoms with E-state index < -0.39 is 0 Å². The summed E-state index contributed by atoms with van der Waals surface area (Å²) in [6.45, 7) is 4.81. The number of rotatable bonds is 16. The smallest absolute Gasteiger partial charge is 0.220 e. The van der Waals surface area contributed by atoms with Crippen molar-refractivity contribution < 1.29 is 9.90 Å². The molecule has 0 radical (unpaired) electrons. The number of hydrogen-bond donors (Lipinski definition) is 2. The van der Waals surface area contributed by atoms with Crippen LogP contribution in [0.2, 0.25) is 0 Å². The van der Waals surface area contributed by atoms with Gasteiger partial charge in [0.05, 0.1) is 6.61 Å². The average Bonchev–Trinajstić information content (AvgIpc) is 2.64. The first-order valence-corrected chi connectivity index (χ1v) is 10.2. The number of amides is 1. The number of unbranched alkanes of at least 4 members (excludes halogenated alkanes) is 4. The lowest BCUT2D eigenvalue weighted by molar-refractivity contribution is -0.121. The fourth-order valence-electron chi connectivity index (χ4n) is 2.41. The topological polar surface area (TPSA) is 49.3 Å². The van der Waals surface area contributed by atoms with Crippen molar-refractivity contribution >= 4 is 5.91 Å². The van der Waals surface area contributed by atoms with Gasteiger partial charge in [-0.3, -0.25) is 4.79 Å². The van der Waals surface area contributed by atoms with Gasteiger partial charge in [0.15, 0.2) is 0 Å². The lowest BCUT2D eigenvalue weighted by atomic mass is 10.1. The first-order chi connectivity index (χ1) is 12.7. The molecule has 3 heteroatoms. The molecular weight excluding hydrogens is 322 g/mol. The molecule has 3 nitrogen and oxygen atoms in total. The van der Waals surface area contributed by atoms with Crippen LogP contribution in [0.1, 0.15) is 71.6 Å². The third-order valence-electron chi connectivity index (χ3n) is 3.94. The molecule has 0 aromatic heterocycles. The van der Waals surface area contributed by atoms with Crippen molar-refractivity contribution in [3.8, 4) is 0 Å². The summed E-state index contributed by atoms with van der Waals surface area (Å²) in [5, 5.41) is 11.3. The van der Waals surface area contributed by atoms with Crippen molar-refractivity contribution in [3.63, 3.8) is 0 Å². The second-order valence-electron chi connectivity index (χ2n) is 6.59. The van der Waals surface area contributed by atoms with Crippen molar-refractivity contribution in [1.82, 2.24) is 5.32 Å². The molecule has 1 atom stereocenters. The molecule has 0 aliphatic rings. The maximum Gasteiger partial charge on any atom is 0.220 e. The molecule has 2 N–H and O–H groups in total. The number of carbonyl (C=O) groups excluding carboxylic acids is 1. The van der Waals surface area contributed by atoms with E-state index in [1.165, 1.54) is 25.7 Å². The van der Waals surface area contributed by atoms with Crippen LogP contribution in [0.15, 0.2) is 48.6 Å². The van der Waals surface area contributed by atoms with Gasteiger partial charge in [0.1, 0.15) is 0 Å². The Kier molecular flexibility index (Phi) is 18.5. The van der Waals surface area contributed by atoms with E-state index in [4.69, 9.17) is 5.11 Å². The van der Waals surface area contributed by atoms with Crippen molar-refractivity contribution in [3.05, 3.63) is 48.6 Å². The summed E-state index contributed by atoms with van der Waals surface area (Å²) in [6.07, 6.45) is 27.1. The van der Waals surface area contributed by atoms with E-state index in [-0.39, 0.29) is 12.5 Å². The van der Waals surface area contributed by atoms with Crippen molar-refractivity contribution in [2.75, 3.05) is 13.2 Å². The molecule has 0 fully saturated rings. The van der Waals surface area contributed by atoms with Crippen LogP contribution in [0.25, 0.3) is 0 Å². The van der Waals surface area contributed by atoms with Crippen molar-refractivity contribution in [2.24, 2.45) is 5.92 Å². The van der Waals surface area contributed by atoms with Crippen LogP contribution in [0.5, 0.6) is 0 Å². The van der Waals surface area contributed by atoms with Gasteiger partial charge in [0.25, 0.3) is 0 Å². The van der Waals surface area contributed by atoms with Crippen molar-refractivity contribution in [2.45, 2.75) is 71.6 Å². The Morgan fingerprint density at radius 2 is 1.58 bits per heavy atom. The van der Waals surface area contributed by atoms with E-state index >= 15 is 0 Å². The van der Waals surface area contributed by atoms with Gasteiger partial charge in [-0.15, -0.1) is 0 Å². The standard InChI is InChI=1S/C23H39NO2/c1-3-4-5-11-14-17-22(2)18-15-12-9-7-6-8-10-13-16-19-23(26)24-20-21-25/h7-10,14-15,17-18,22,25H,3-6,11-13,16,19-21H2,1-2H3,(H,24,26)/b9-7-,10-8-,17-14-,18-15-/t22-/m0/s1. The fraction of sp³-hybridized carbons (Fsp3) is 0.609. The Hall–Kier alpha value is -1.61. The van der Waals surface area contributed by atoms with Gasteiger partial charge >= 0.3 is 0 Å². The minimum Gasteiger partial charge on any atom is -0.395 e. The van der Waals surface area contributed by atoms with Gasteiger partial charge in [-0.2, -0.15) is 0 Å². The second-order valence-corrected chi connectivity index (χ2v) is 6.59. The molecular formula is C23H39NO2. The first-order valence-electron chi connectivity index (χ1n) is 10.2. The largest absolute Gasteiger partial charge is 0.395 e. The zero-order valence-electron chi connectivity index (χ0n) is 16.8. The Morgan fingerprint density at radius 3 is 2.31 bits per heavy atom. The molecule has 148 valence electrons. The van der Waals surface area contributed by atoms with Crippen LogP contribution >= 0.6 is 0 Å². The van der Waals surface area contributed by atoms with E-state index in [1.807, 2.05) is 0 Å². The Labute approximate surface area is 161 Å². The molecule has 0 spiro atoms. The zero-order valence-corrected chi connectivity index (χ0v) is 16.8. The minimum atomic E-state index is 0.00181. The van der Waals surface area contributed by atoms with Gasteiger partial charge in [-0.25, -0.2) is 0 Å². The molecule has 0 rings (SSSR count). The van der Waals surface area contributed by atoms with Crippen LogP contribution in [-0.2, 0) is 4.79 Å². The highest BCUT2D eigenvalue weighted by atomic mass is 16.3. The fourth-order valence-corrected chi connectivity index (χ4v) is 2.41. The molecule has 0 saturated carbocycles. The molecule has 0 unspecified atom stereocenters. The Balaban J connectivity index is 3.60. The molecule has 0 aliphatic carbocycles. The number of aliphatic hydroxyl groups is 1. The van der Waals surface area contributed by atoms with Crippen LogP contribution in [0.3, 0.4) is 0 Å². The van der Waals surface area contributed by atoms with Gasteiger partial charge in [0.2, 0.25) is 5.91 Å². The minimum absolute atomic E-state index is 0.00181. The quantitative estimate of drug-likeness (QED) is 0.282. The maximum atomic E-state index is 11.3. The summed E-state index contributed by atoms with van der Waals surface area (Å²) >= 11 is 0. The highest BCUT2D eigenvalue weighted by molar-refractivity contribution is 5.75. The predicted molar refractivity (Wildman–Crippen MR) is 113 cm³/mol. The Bertz CT molecular complexity index is 435. The first kappa shape index (κ1) is 24.4. The maximum absolute atomic E-state index is 11.3. The third-order valence-corrected chi connectivity index (χ3v) is 3.94. The van der Waals surface area contributed by atoms with Crippen LogP contribution in [0.4, 0.5) is 0 Å². The molecule has 0 heterocycles. The molecule has 1 amide bonds. The summed E-state index contributed by atoms with van der Waals surface area (Å²) in [4.78, 5) is 11.3. The molecule has 0 aromatic rings. The second kappa shape index (κ2) is 19.7.